The lowest BCUT2D eigenvalue weighted by Crippen LogP contribution is -2.33. The van der Waals surface area contributed by atoms with Crippen LogP contribution in [0.4, 0.5) is 4.79 Å². The highest BCUT2D eigenvalue weighted by molar-refractivity contribution is 6.34. The van der Waals surface area contributed by atoms with Crippen LogP contribution in [0.15, 0.2) is 18.2 Å². The fourth-order valence-corrected chi connectivity index (χ4v) is 3.90. The lowest BCUT2D eigenvalue weighted by atomic mass is 9.92. The molecule has 1 N–H and O–H groups in total. The van der Waals surface area contributed by atoms with Crippen molar-refractivity contribution >= 4 is 41.7 Å². The molecule has 23 heavy (non-hydrogen) atoms. The maximum Gasteiger partial charge on any atom is 0.410 e. The monoisotopic (exact) mass is 378 g/mol. The fourth-order valence-electron chi connectivity index (χ4n) is 3.33. The van der Waals surface area contributed by atoms with E-state index in [1.165, 1.54) is 0 Å². The van der Waals surface area contributed by atoms with Crippen LogP contribution in [-0.4, -0.2) is 37.2 Å². The molecule has 2 atom stereocenters. The summed E-state index contributed by atoms with van der Waals surface area (Å²) in [5.74, 6) is 1.40. The van der Waals surface area contributed by atoms with Crippen molar-refractivity contribution in [1.82, 2.24) is 10.2 Å². The predicted octanol–water partition coefficient (Wildman–Crippen LogP) is 3.98. The molecule has 2 aliphatic heterocycles. The number of rotatable bonds is 2. The van der Waals surface area contributed by atoms with E-state index in [9.17, 15) is 4.79 Å². The number of hydrogen-bond donors (Lipinski definition) is 1. The van der Waals surface area contributed by atoms with E-state index in [4.69, 9.17) is 27.9 Å². The van der Waals surface area contributed by atoms with E-state index in [2.05, 4.69) is 5.32 Å². The Hall–Kier alpha value is -0.680. The minimum atomic E-state index is -0.246. The number of nitrogens with one attached hydrogen (secondary N) is 1. The van der Waals surface area contributed by atoms with Gasteiger partial charge in [-0.2, -0.15) is 0 Å². The lowest BCUT2D eigenvalue weighted by molar-refractivity contribution is 0.0967. The number of likely N-dealkylation sites (tertiary alicyclic amines) is 1. The van der Waals surface area contributed by atoms with Gasteiger partial charge in [0.05, 0.1) is 0 Å². The largest absolute Gasteiger partial charge is 0.445 e. The van der Waals surface area contributed by atoms with Gasteiger partial charge >= 0.3 is 6.09 Å². The Morgan fingerprint density at radius 2 is 1.70 bits per heavy atom. The summed E-state index contributed by atoms with van der Waals surface area (Å²) in [6.45, 7) is 3.91. The Bertz CT molecular complexity index is 522. The molecule has 1 amide bonds. The standard InChI is InChI=1S/C16H20Cl2N2O2.ClH/c17-14-5-11(6-15(18)7-14)10-22-16(21)20-3-1-12-8-19-9-13(12)2-4-20;/h5-7,12-13,19H,1-4,8-10H2;1H/t12-,13+;. The van der Waals surface area contributed by atoms with Crippen molar-refractivity contribution in [3.63, 3.8) is 0 Å². The van der Waals surface area contributed by atoms with Crippen molar-refractivity contribution in [1.29, 1.82) is 0 Å². The number of carbonyl (C=O) groups excluding carboxylic acids is 1. The van der Waals surface area contributed by atoms with Crippen molar-refractivity contribution in [3.8, 4) is 0 Å². The van der Waals surface area contributed by atoms with Crippen molar-refractivity contribution < 1.29 is 9.53 Å². The van der Waals surface area contributed by atoms with Crippen molar-refractivity contribution in [2.24, 2.45) is 11.8 Å². The molecule has 1 aromatic carbocycles. The van der Waals surface area contributed by atoms with Crippen molar-refractivity contribution in [2.75, 3.05) is 26.2 Å². The molecule has 7 heteroatoms. The van der Waals surface area contributed by atoms with Crippen LogP contribution >= 0.6 is 35.6 Å². The molecule has 1 aromatic rings. The molecule has 0 aromatic heterocycles. The van der Waals surface area contributed by atoms with Gasteiger partial charge in [0.15, 0.2) is 0 Å². The average Bonchev–Trinajstić information content (AvgIpc) is 2.82. The van der Waals surface area contributed by atoms with Crippen LogP contribution in [0.3, 0.4) is 0 Å². The van der Waals surface area contributed by atoms with Gasteiger partial charge < -0.3 is 15.0 Å². The first kappa shape index (κ1) is 18.7. The van der Waals surface area contributed by atoms with E-state index in [0.29, 0.717) is 21.9 Å². The summed E-state index contributed by atoms with van der Waals surface area (Å²) >= 11 is 11.9. The zero-order valence-electron chi connectivity index (χ0n) is 12.8. The molecule has 2 heterocycles. The fraction of sp³-hybridized carbons (Fsp3) is 0.562. The molecule has 4 nitrogen and oxygen atoms in total. The highest BCUT2D eigenvalue weighted by Crippen LogP contribution is 2.27. The molecule has 0 aliphatic carbocycles. The second kappa shape index (κ2) is 8.43. The molecular weight excluding hydrogens is 359 g/mol. The Kier molecular flexibility index (Phi) is 6.84. The zero-order chi connectivity index (χ0) is 15.5. The van der Waals surface area contributed by atoms with E-state index in [1.54, 1.807) is 18.2 Å². The summed E-state index contributed by atoms with van der Waals surface area (Å²) in [6.07, 6.45) is 1.86. The first-order chi connectivity index (χ1) is 10.6. The number of nitrogens with zero attached hydrogens (tertiary/aromatic N) is 1. The van der Waals surface area contributed by atoms with Gasteiger partial charge in [0.2, 0.25) is 0 Å². The Balaban J connectivity index is 0.00000192. The topological polar surface area (TPSA) is 41.6 Å². The van der Waals surface area contributed by atoms with E-state index in [-0.39, 0.29) is 25.1 Å². The number of carbonyl (C=O) groups is 1. The Morgan fingerprint density at radius 3 is 2.26 bits per heavy atom. The number of ether oxygens (including phenoxy) is 1. The zero-order valence-corrected chi connectivity index (χ0v) is 15.1. The van der Waals surface area contributed by atoms with Crippen molar-refractivity contribution in [2.45, 2.75) is 19.4 Å². The summed E-state index contributed by atoms with van der Waals surface area (Å²) in [7, 11) is 0. The number of halogens is 3. The second-order valence-electron chi connectivity index (χ2n) is 6.08. The van der Waals surface area contributed by atoms with E-state index < -0.39 is 0 Å². The molecular formula is C16H21Cl3N2O2. The van der Waals surface area contributed by atoms with Crippen LogP contribution in [0, 0.1) is 11.8 Å². The Labute approximate surface area is 152 Å². The number of amides is 1. The van der Waals surface area contributed by atoms with Gasteiger partial charge in [0.25, 0.3) is 0 Å². The molecule has 0 saturated carbocycles. The van der Waals surface area contributed by atoms with Gasteiger partial charge in [-0.25, -0.2) is 4.79 Å². The normalized spacial score (nSPS) is 23.7. The van der Waals surface area contributed by atoms with Crippen LogP contribution in [0.2, 0.25) is 10.0 Å². The minimum absolute atomic E-state index is 0. The molecule has 2 saturated heterocycles. The third kappa shape index (κ3) is 4.90. The van der Waals surface area contributed by atoms with Crippen LogP contribution in [0.5, 0.6) is 0 Å². The highest BCUT2D eigenvalue weighted by Gasteiger charge is 2.31. The van der Waals surface area contributed by atoms with Crippen LogP contribution in [0.1, 0.15) is 18.4 Å². The summed E-state index contributed by atoms with van der Waals surface area (Å²) in [6, 6.07) is 5.19. The molecule has 0 spiro atoms. The van der Waals surface area contributed by atoms with Crippen molar-refractivity contribution in [3.05, 3.63) is 33.8 Å². The van der Waals surface area contributed by atoms with Crippen LogP contribution < -0.4 is 5.32 Å². The molecule has 0 unspecified atom stereocenters. The number of hydrogen-bond acceptors (Lipinski definition) is 3. The highest BCUT2D eigenvalue weighted by atomic mass is 35.5. The van der Waals surface area contributed by atoms with Gasteiger partial charge in [-0.15, -0.1) is 12.4 Å². The number of benzene rings is 1. The summed E-state index contributed by atoms with van der Waals surface area (Å²) < 4.78 is 5.41. The third-order valence-corrected chi connectivity index (χ3v) is 5.00. The maximum atomic E-state index is 12.2. The smallest absolute Gasteiger partial charge is 0.410 e. The molecule has 2 aliphatic rings. The summed E-state index contributed by atoms with van der Waals surface area (Å²) in [5.41, 5.74) is 0.807. The summed E-state index contributed by atoms with van der Waals surface area (Å²) in [5, 5.41) is 4.53. The predicted molar refractivity (Wildman–Crippen MR) is 94.6 cm³/mol. The quantitative estimate of drug-likeness (QED) is 0.845. The SMILES string of the molecule is Cl.O=C(OCc1cc(Cl)cc(Cl)c1)N1CC[C@@H]2CNC[C@@H]2CC1. The molecule has 3 rings (SSSR count). The van der Waals surface area contributed by atoms with Gasteiger partial charge in [-0.05, 0) is 61.5 Å². The summed E-state index contributed by atoms with van der Waals surface area (Å²) in [4.78, 5) is 14.1. The molecule has 2 fully saturated rings. The molecule has 128 valence electrons. The van der Waals surface area contributed by atoms with Crippen LogP contribution in [0.25, 0.3) is 0 Å². The molecule has 0 bridgehead atoms. The number of fused-ring (bicyclic) bond motifs is 1. The first-order valence-electron chi connectivity index (χ1n) is 7.69. The lowest BCUT2D eigenvalue weighted by Gasteiger charge is -2.20. The van der Waals surface area contributed by atoms with E-state index in [0.717, 1.165) is 44.6 Å². The van der Waals surface area contributed by atoms with Gasteiger partial charge in [-0.1, -0.05) is 23.2 Å². The minimum Gasteiger partial charge on any atom is -0.445 e. The van der Waals surface area contributed by atoms with Gasteiger partial charge in [-0.3, -0.25) is 0 Å². The van der Waals surface area contributed by atoms with Gasteiger partial charge in [0.1, 0.15) is 6.61 Å². The molecule has 0 radical (unpaired) electrons. The van der Waals surface area contributed by atoms with E-state index >= 15 is 0 Å². The Morgan fingerprint density at radius 1 is 1.13 bits per heavy atom. The average molecular weight is 380 g/mol. The maximum absolute atomic E-state index is 12.2. The van der Waals surface area contributed by atoms with Gasteiger partial charge in [0, 0.05) is 23.1 Å². The second-order valence-corrected chi connectivity index (χ2v) is 6.95. The van der Waals surface area contributed by atoms with Crippen LogP contribution in [-0.2, 0) is 11.3 Å². The van der Waals surface area contributed by atoms with E-state index in [1.807, 2.05) is 4.90 Å². The first-order valence-corrected chi connectivity index (χ1v) is 8.45. The third-order valence-electron chi connectivity index (χ3n) is 4.56.